The van der Waals surface area contributed by atoms with Crippen molar-refractivity contribution >= 4 is 45.5 Å². The van der Waals surface area contributed by atoms with Gasteiger partial charge in [-0.15, -0.1) is 0 Å². The minimum atomic E-state index is -0.651. The molecule has 0 bridgehead atoms. The van der Waals surface area contributed by atoms with Crippen LogP contribution in [0, 0.1) is 6.92 Å². The van der Waals surface area contributed by atoms with Crippen LogP contribution in [0.3, 0.4) is 0 Å². The first-order chi connectivity index (χ1) is 18.2. The Morgan fingerprint density at radius 1 is 1.05 bits per heavy atom. The third-order valence-electron chi connectivity index (χ3n) is 6.44. The van der Waals surface area contributed by atoms with E-state index >= 15 is 0 Å². The number of aromatic amines is 2. The molecule has 2 aromatic carbocycles. The molecule has 0 atom stereocenters. The van der Waals surface area contributed by atoms with Gasteiger partial charge in [0, 0.05) is 34.6 Å². The van der Waals surface area contributed by atoms with Gasteiger partial charge in [-0.25, -0.2) is 14.6 Å². The molecular weight excluding hydrogens is 500 g/mol. The number of carbonyl (C=O) groups is 2. The number of nitrogens with zero attached hydrogens (tertiary/aromatic N) is 2. The number of H-pyrrole nitrogens is 2. The number of fused-ring (bicyclic) bond motifs is 3. The molecule has 0 fully saturated rings. The largest absolute Gasteiger partial charge is 0.456 e. The summed E-state index contributed by atoms with van der Waals surface area (Å²) in [6.07, 6.45) is 1.12. The SMILES string of the molecule is CCc1c(Cc2nc(C(=O)OC(C)(C)C)c3ccc4[nH]snc4c23)[nH]c(C(=O)OCc2ccccc2)c1C. The van der Waals surface area contributed by atoms with Gasteiger partial charge in [-0.2, -0.15) is 4.37 Å². The van der Waals surface area contributed by atoms with Crippen LogP contribution in [-0.2, 0) is 28.9 Å². The Morgan fingerprint density at radius 3 is 2.53 bits per heavy atom. The molecule has 3 heterocycles. The number of esters is 2. The van der Waals surface area contributed by atoms with Gasteiger partial charge in [-0.05, 0) is 62.9 Å². The number of benzene rings is 2. The molecule has 0 spiro atoms. The Morgan fingerprint density at radius 2 is 1.82 bits per heavy atom. The van der Waals surface area contributed by atoms with Crippen LogP contribution in [0.4, 0.5) is 0 Å². The van der Waals surface area contributed by atoms with E-state index in [-0.39, 0.29) is 12.3 Å². The van der Waals surface area contributed by atoms with Crippen molar-refractivity contribution in [3.8, 4) is 0 Å². The summed E-state index contributed by atoms with van der Waals surface area (Å²) in [5.41, 5.74) is 6.05. The highest BCUT2D eigenvalue weighted by Crippen LogP contribution is 2.33. The summed E-state index contributed by atoms with van der Waals surface area (Å²) in [6.45, 7) is 9.67. The highest BCUT2D eigenvalue weighted by molar-refractivity contribution is 7.00. The Kier molecular flexibility index (Phi) is 6.79. The lowest BCUT2D eigenvalue weighted by Crippen LogP contribution is -2.24. The van der Waals surface area contributed by atoms with E-state index in [0.29, 0.717) is 23.2 Å². The van der Waals surface area contributed by atoms with Crippen LogP contribution in [0.5, 0.6) is 0 Å². The lowest BCUT2D eigenvalue weighted by atomic mass is 10.0. The smallest absolute Gasteiger partial charge is 0.358 e. The highest BCUT2D eigenvalue weighted by atomic mass is 32.1. The quantitative estimate of drug-likeness (QED) is 0.240. The van der Waals surface area contributed by atoms with E-state index < -0.39 is 17.5 Å². The average Bonchev–Trinajstić information content (AvgIpc) is 3.57. The third-order valence-corrected chi connectivity index (χ3v) is 7.02. The highest BCUT2D eigenvalue weighted by Gasteiger charge is 2.27. The number of aromatic nitrogens is 4. The van der Waals surface area contributed by atoms with E-state index in [2.05, 4.69) is 20.7 Å². The van der Waals surface area contributed by atoms with Crippen LogP contribution < -0.4 is 0 Å². The van der Waals surface area contributed by atoms with Crippen LogP contribution in [0.25, 0.3) is 21.8 Å². The Balaban J connectivity index is 1.53. The van der Waals surface area contributed by atoms with Crippen molar-refractivity contribution in [2.45, 2.75) is 59.7 Å². The molecule has 5 rings (SSSR count). The van der Waals surface area contributed by atoms with Crippen LogP contribution >= 0.6 is 11.7 Å². The lowest BCUT2D eigenvalue weighted by molar-refractivity contribution is 0.00654. The molecule has 0 amide bonds. The number of nitrogens with one attached hydrogen (secondary N) is 2. The monoisotopic (exact) mass is 530 g/mol. The van der Waals surface area contributed by atoms with E-state index in [9.17, 15) is 9.59 Å². The summed E-state index contributed by atoms with van der Waals surface area (Å²) in [7, 11) is 0. The molecule has 0 saturated heterocycles. The number of carbonyl (C=O) groups excluding carboxylic acids is 2. The van der Waals surface area contributed by atoms with Gasteiger partial charge in [0.2, 0.25) is 0 Å². The van der Waals surface area contributed by atoms with Crippen molar-refractivity contribution in [1.82, 2.24) is 18.7 Å². The van der Waals surface area contributed by atoms with E-state index in [1.807, 2.05) is 70.2 Å². The maximum absolute atomic E-state index is 13.1. The number of ether oxygens (including phenoxy) is 2. The van der Waals surface area contributed by atoms with Gasteiger partial charge < -0.3 is 14.5 Å². The van der Waals surface area contributed by atoms with E-state index in [4.69, 9.17) is 14.5 Å². The van der Waals surface area contributed by atoms with Crippen LogP contribution in [0.1, 0.15) is 76.8 Å². The van der Waals surface area contributed by atoms with Crippen molar-refractivity contribution in [3.63, 3.8) is 0 Å². The average molecular weight is 531 g/mol. The molecule has 0 aliphatic heterocycles. The first-order valence-corrected chi connectivity index (χ1v) is 13.3. The second-order valence-corrected chi connectivity index (χ2v) is 10.8. The molecule has 0 unspecified atom stereocenters. The molecule has 8 nitrogen and oxygen atoms in total. The lowest BCUT2D eigenvalue weighted by Gasteiger charge is -2.18. The number of rotatable bonds is 7. The molecule has 2 N–H and O–H groups in total. The first-order valence-electron chi connectivity index (χ1n) is 12.6. The molecule has 38 heavy (non-hydrogen) atoms. The maximum atomic E-state index is 13.1. The zero-order valence-corrected chi connectivity index (χ0v) is 22.9. The standard InChI is InChI=1S/C29H30N4O4S/c1-6-18-16(2)24(27(34)36-15-17-10-8-7-9-11-17)30-21(18)14-22-23-19(12-13-20-26(23)33-38-32-20)25(31-22)28(35)37-29(3,4)5/h7-13,30,32H,6,14-15H2,1-5H3. The van der Waals surface area contributed by atoms with Crippen molar-refractivity contribution < 1.29 is 19.1 Å². The zero-order chi connectivity index (χ0) is 27.0. The number of hydrogen-bond donors (Lipinski definition) is 2. The van der Waals surface area contributed by atoms with Gasteiger partial charge in [0.05, 0.1) is 11.2 Å². The second-order valence-electron chi connectivity index (χ2n) is 10.3. The van der Waals surface area contributed by atoms with Crippen LogP contribution in [0.2, 0.25) is 0 Å². The summed E-state index contributed by atoms with van der Waals surface area (Å²) < 4.78 is 19.0. The van der Waals surface area contributed by atoms with Gasteiger partial charge in [-0.3, -0.25) is 4.37 Å². The van der Waals surface area contributed by atoms with Gasteiger partial charge in [0.15, 0.2) is 5.69 Å². The second kappa shape index (κ2) is 10.1. The predicted octanol–water partition coefficient (Wildman–Crippen LogP) is 6.27. The summed E-state index contributed by atoms with van der Waals surface area (Å²) in [4.78, 5) is 34.2. The fraction of sp³-hybridized carbons (Fsp3) is 0.310. The molecule has 3 aromatic heterocycles. The minimum absolute atomic E-state index is 0.196. The Hall–Kier alpha value is -3.98. The molecule has 0 saturated carbocycles. The van der Waals surface area contributed by atoms with Crippen molar-refractivity contribution in [2.24, 2.45) is 0 Å². The minimum Gasteiger partial charge on any atom is -0.456 e. The van der Waals surface area contributed by atoms with E-state index in [0.717, 1.165) is 45.2 Å². The molecule has 0 aliphatic rings. The third kappa shape index (κ3) is 4.93. The van der Waals surface area contributed by atoms with Crippen molar-refractivity contribution in [1.29, 1.82) is 0 Å². The van der Waals surface area contributed by atoms with Gasteiger partial charge in [0.25, 0.3) is 0 Å². The predicted molar refractivity (Wildman–Crippen MR) is 148 cm³/mol. The molecule has 0 aliphatic carbocycles. The summed E-state index contributed by atoms with van der Waals surface area (Å²) in [6, 6.07) is 13.4. The van der Waals surface area contributed by atoms with Crippen LogP contribution in [0.15, 0.2) is 42.5 Å². The van der Waals surface area contributed by atoms with Gasteiger partial charge in [-0.1, -0.05) is 37.3 Å². The van der Waals surface area contributed by atoms with E-state index in [1.165, 1.54) is 11.7 Å². The zero-order valence-electron chi connectivity index (χ0n) is 22.1. The normalized spacial score (nSPS) is 11.8. The summed E-state index contributed by atoms with van der Waals surface area (Å²) in [5, 5.41) is 1.51. The molecule has 196 valence electrons. The van der Waals surface area contributed by atoms with Crippen molar-refractivity contribution in [2.75, 3.05) is 0 Å². The van der Waals surface area contributed by atoms with Gasteiger partial charge in [0.1, 0.15) is 23.4 Å². The Labute approximate surface area is 224 Å². The molecule has 5 aromatic rings. The Bertz CT molecular complexity index is 1640. The maximum Gasteiger partial charge on any atom is 0.358 e. The molecule has 9 heteroatoms. The first kappa shape index (κ1) is 25.7. The fourth-order valence-corrected chi connectivity index (χ4v) is 5.32. The fourth-order valence-electron chi connectivity index (χ4n) is 4.73. The molecular formula is C29H30N4O4S. The van der Waals surface area contributed by atoms with Crippen LogP contribution in [-0.4, -0.2) is 36.3 Å². The summed E-state index contributed by atoms with van der Waals surface area (Å²) in [5.74, 6) is -0.880. The number of hydrogen-bond acceptors (Lipinski definition) is 7. The van der Waals surface area contributed by atoms with E-state index in [1.54, 1.807) is 0 Å². The van der Waals surface area contributed by atoms with Gasteiger partial charge >= 0.3 is 11.9 Å². The summed E-state index contributed by atoms with van der Waals surface area (Å²) >= 11 is 1.24. The topological polar surface area (TPSA) is 110 Å². The molecule has 0 radical (unpaired) electrons. The van der Waals surface area contributed by atoms with Crippen molar-refractivity contribution in [3.05, 3.63) is 81.9 Å².